The summed E-state index contributed by atoms with van der Waals surface area (Å²) in [5, 5.41) is 1.57. The zero-order valence-electron chi connectivity index (χ0n) is 14.9. The van der Waals surface area contributed by atoms with E-state index in [0.29, 0.717) is 28.3 Å². The standard InChI is InChI=1S/C21H15N5O2/c1-28-18-11-24-20(13-8-12-4-2-3-5-15(12)23-10-13)26-19(18)17-9-14-16(25-17)6-7-22-21(14)27/h2-11,25H,1H3,(H,22,27). The summed E-state index contributed by atoms with van der Waals surface area (Å²) in [6.07, 6.45) is 4.99. The zero-order valence-corrected chi connectivity index (χ0v) is 14.9. The largest absolute Gasteiger partial charge is 0.493 e. The Bertz CT molecular complexity index is 1390. The Labute approximate surface area is 159 Å². The lowest BCUT2D eigenvalue weighted by atomic mass is 10.1. The van der Waals surface area contributed by atoms with Crippen molar-refractivity contribution in [1.82, 2.24) is 24.9 Å². The maximum atomic E-state index is 12.0. The number of nitrogens with zero attached hydrogens (tertiary/aromatic N) is 3. The first-order valence-corrected chi connectivity index (χ1v) is 8.70. The van der Waals surface area contributed by atoms with Crippen LogP contribution in [0.15, 0.2) is 65.8 Å². The van der Waals surface area contributed by atoms with Crippen LogP contribution >= 0.6 is 0 Å². The van der Waals surface area contributed by atoms with Crippen molar-refractivity contribution in [3.63, 3.8) is 0 Å². The molecule has 0 spiro atoms. The summed E-state index contributed by atoms with van der Waals surface area (Å²) in [4.78, 5) is 31.6. The van der Waals surface area contributed by atoms with Gasteiger partial charge in [0.15, 0.2) is 11.6 Å². The van der Waals surface area contributed by atoms with Crippen molar-refractivity contribution < 1.29 is 4.74 Å². The average molecular weight is 369 g/mol. The van der Waals surface area contributed by atoms with Gasteiger partial charge in [0.1, 0.15) is 5.69 Å². The smallest absolute Gasteiger partial charge is 0.257 e. The van der Waals surface area contributed by atoms with Crippen molar-refractivity contribution in [2.75, 3.05) is 7.11 Å². The summed E-state index contributed by atoms with van der Waals surface area (Å²) in [6, 6.07) is 13.5. The molecule has 4 aromatic heterocycles. The normalized spacial score (nSPS) is 11.2. The maximum absolute atomic E-state index is 12.0. The first-order valence-electron chi connectivity index (χ1n) is 8.70. The molecule has 0 aliphatic rings. The second kappa shape index (κ2) is 6.31. The molecule has 0 fully saturated rings. The van der Waals surface area contributed by atoms with Gasteiger partial charge in [0.25, 0.3) is 5.56 Å². The lowest BCUT2D eigenvalue weighted by Gasteiger charge is -2.08. The molecule has 0 amide bonds. The lowest BCUT2D eigenvalue weighted by Crippen LogP contribution is -2.02. The molecule has 136 valence electrons. The van der Waals surface area contributed by atoms with E-state index in [2.05, 4.69) is 19.9 Å². The summed E-state index contributed by atoms with van der Waals surface area (Å²) in [7, 11) is 1.56. The minimum absolute atomic E-state index is 0.160. The summed E-state index contributed by atoms with van der Waals surface area (Å²) in [6.45, 7) is 0. The first kappa shape index (κ1) is 16.2. The highest BCUT2D eigenvalue weighted by atomic mass is 16.5. The Morgan fingerprint density at radius 2 is 1.93 bits per heavy atom. The molecule has 0 atom stereocenters. The van der Waals surface area contributed by atoms with E-state index in [4.69, 9.17) is 9.72 Å². The third-order valence-electron chi connectivity index (χ3n) is 4.64. The third kappa shape index (κ3) is 2.61. The van der Waals surface area contributed by atoms with Crippen LogP contribution in [-0.2, 0) is 0 Å². The molecule has 0 radical (unpaired) electrons. The molecule has 4 heterocycles. The number of aromatic amines is 2. The molecule has 5 aromatic rings. The molecular formula is C21H15N5O2. The summed E-state index contributed by atoms with van der Waals surface area (Å²) in [5.74, 6) is 1.04. The lowest BCUT2D eigenvalue weighted by molar-refractivity contribution is 0.412. The molecule has 28 heavy (non-hydrogen) atoms. The zero-order chi connectivity index (χ0) is 19.1. The van der Waals surface area contributed by atoms with Gasteiger partial charge in [-0.3, -0.25) is 9.78 Å². The molecule has 2 N–H and O–H groups in total. The first-order chi connectivity index (χ1) is 13.7. The van der Waals surface area contributed by atoms with Gasteiger partial charge in [0.2, 0.25) is 0 Å². The maximum Gasteiger partial charge on any atom is 0.257 e. The second-order valence-corrected chi connectivity index (χ2v) is 6.34. The van der Waals surface area contributed by atoms with Crippen molar-refractivity contribution >= 4 is 21.8 Å². The highest BCUT2D eigenvalue weighted by molar-refractivity contribution is 5.86. The third-order valence-corrected chi connectivity index (χ3v) is 4.64. The molecule has 0 saturated heterocycles. The van der Waals surface area contributed by atoms with Gasteiger partial charge in [-0.25, -0.2) is 9.97 Å². The number of nitrogens with one attached hydrogen (secondary N) is 2. The van der Waals surface area contributed by atoms with E-state index in [1.165, 1.54) is 0 Å². The topological polar surface area (TPSA) is 96.5 Å². The summed E-state index contributed by atoms with van der Waals surface area (Å²) >= 11 is 0. The van der Waals surface area contributed by atoms with Crippen LogP contribution in [0.1, 0.15) is 0 Å². The van der Waals surface area contributed by atoms with Crippen LogP contribution in [0.5, 0.6) is 5.75 Å². The van der Waals surface area contributed by atoms with E-state index in [1.54, 1.807) is 31.8 Å². The van der Waals surface area contributed by atoms with Gasteiger partial charge >= 0.3 is 0 Å². The van der Waals surface area contributed by atoms with Crippen molar-refractivity contribution in [3.8, 4) is 28.5 Å². The minimum atomic E-state index is -0.160. The SMILES string of the molecule is COc1cnc(-c2cnc3ccccc3c2)nc1-c1cc2c(=O)[nH]ccc2[nH]1. The van der Waals surface area contributed by atoms with Crippen LogP contribution in [0.25, 0.3) is 44.6 Å². The highest BCUT2D eigenvalue weighted by Gasteiger charge is 2.15. The molecule has 0 aliphatic carbocycles. The number of rotatable bonds is 3. The number of aromatic nitrogens is 5. The predicted octanol–water partition coefficient (Wildman–Crippen LogP) is 3.54. The van der Waals surface area contributed by atoms with Crippen LogP contribution in [0.3, 0.4) is 0 Å². The molecule has 0 bridgehead atoms. The highest BCUT2D eigenvalue weighted by Crippen LogP contribution is 2.30. The van der Waals surface area contributed by atoms with Crippen LogP contribution in [0.2, 0.25) is 0 Å². The van der Waals surface area contributed by atoms with E-state index in [-0.39, 0.29) is 5.56 Å². The number of ether oxygens (including phenoxy) is 1. The molecule has 0 unspecified atom stereocenters. The van der Waals surface area contributed by atoms with Gasteiger partial charge in [0, 0.05) is 23.3 Å². The quantitative estimate of drug-likeness (QED) is 0.507. The van der Waals surface area contributed by atoms with Crippen molar-refractivity contribution in [2.45, 2.75) is 0 Å². The fourth-order valence-corrected chi connectivity index (χ4v) is 3.24. The number of fused-ring (bicyclic) bond motifs is 2. The van der Waals surface area contributed by atoms with Crippen molar-refractivity contribution in [2.24, 2.45) is 0 Å². The number of pyridine rings is 2. The monoisotopic (exact) mass is 369 g/mol. The van der Waals surface area contributed by atoms with Gasteiger partial charge in [-0.2, -0.15) is 0 Å². The number of methoxy groups -OCH3 is 1. The molecule has 0 saturated carbocycles. The number of hydrogen-bond acceptors (Lipinski definition) is 5. The van der Waals surface area contributed by atoms with Crippen molar-refractivity contribution in [1.29, 1.82) is 0 Å². The molecule has 7 nitrogen and oxygen atoms in total. The van der Waals surface area contributed by atoms with Crippen LogP contribution in [0, 0.1) is 0 Å². The average Bonchev–Trinajstić information content (AvgIpc) is 3.18. The van der Waals surface area contributed by atoms with Gasteiger partial charge in [-0.05, 0) is 24.3 Å². The minimum Gasteiger partial charge on any atom is -0.493 e. The number of para-hydroxylation sites is 1. The molecular weight excluding hydrogens is 354 g/mol. The number of H-pyrrole nitrogens is 2. The molecule has 5 rings (SSSR count). The van der Waals surface area contributed by atoms with E-state index in [0.717, 1.165) is 22.0 Å². The molecule has 0 aliphatic heterocycles. The van der Waals surface area contributed by atoms with Crippen molar-refractivity contribution in [3.05, 3.63) is 71.4 Å². The Kier molecular flexibility index (Phi) is 3.65. The second-order valence-electron chi connectivity index (χ2n) is 6.34. The Morgan fingerprint density at radius 1 is 1.04 bits per heavy atom. The summed E-state index contributed by atoms with van der Waals surface area (Å²) < 4.78 is 5.44. The molecule has 7 heteroatoms. The predicted molar refractivity (Wildman–Crippen MR) is 107 cm³/mol. The fraction of sp³-hybridized carbons (Fsp3) is 0.0476. The van der Waals surface area contributed by atoms with E-state index in [9.17, 15) is 4.79 Å². The van der Waals surface area contributed by atoms with Crippen LogP contribution in [0.4, 0.5) is 0 Å². The van der Waals surface area contributed by atoms with E-state index >= 15 is 0 Å². The fourth-order valence-electron chi connectivity index (χ4n) is 3.24. The van der Waals surface area contributed by atoms with Crippen LogP contribution in [-0.4, -0.2) is 32.0 Å². The summed E-state index contributed by atoms with van der Waals surface area (Å²) in [5.41, 5.74) is 3.55. The van der Waals surface area contributed by atoms with E-state index in [1.807, 2.05) is 36.4 Å². The van der Waals surface area contributed by atoms with Gasteiger partial charge in [-0.15, -0.1) is 0 Å². The molecule has 1 aromatic carbocycles. The number of hydrogen-bond donors (Lipinski definition) is 2. The Hall–Kier alpha value is -4.00. The Balaban J connectivity index is 1.68. The van der Waals surface area contributed by atoms with Gasteiger partial charge < -0.3 is 14.7 Å². The van der Waals surface area contributed by atoms with E-state index < -0.39 is 0 Å². The Morgan fingerprint density at radius 3 is 2.79 bits per heavy atom. The van der Waals surface area contributed by atoms with Gasteiger partial charge in [-0.1, -0.05) is 18.2 Å². The van der Waals surface area contributed by atoms with Crippen LogP contribution < -0.4 is 10.3 Å². The number of benzene rings is 1. The van der Waals surface area contributed by atoms with Gasteiger partial charge in [0.05, 0.1) is 35.4 Å².